The highest BCUT2D eigenvalue weighted by molar-refractivity contribution is 5.91. The lowest BCUT2D eigenvalue weighted by atomic mass is 9.87. The Morgan fingerprint density at radius 1 is 0.944 bits per heavy atom. The quantitative estimate of drug-likeness (QED) is 0.120. The Morgan fingerprint density at radius 3 is 2.08 bits per heavy atom. The van der Waals surface area contributed by atoms with Gasteiger partial charge in [0.1, 0.15) is 18.8 Å². The third kappa shape index (κ3) is 10.7. The summed E-state index contributed by atoms with van der Waals surface area (Å²) in [6.45, 7) is -0.0782. The number of carboxylic acid groups (broad SMARTS) is 1. The third-order valence-electron chi connectivity index (χ3n) is 5.19. The first kappa shape index (κ1) is 30.4. The highest BCUT2D eigenvalue weighted by Gasteiger charge is 2.36. The second kappa shape index (κ2) is 16.1. The first-order chi connectivity index (χ1) is 16.8. The highest BCUT2D eigenvalue weighted by atomic mass is 35.5. The number of ether oxygens (including phenoxy) is 1. The third-order valence-corrected chi connectivity index (χ3v) is 5.19. The monoisotopic (exact) mass is 521 g/mol. The number of aliphatic imine (C=N–C) groups is 1. The van der Waals surface area contributed by atoms with E-state index in [9.17, 15) is 24.6 Å². The summed E-state index contributed by atoms with van der Waals surface area (Å²) in [5.74, 6) is -3.57. The molecule has 0 aliphatic heterocycles. The van der Waals surface area contributed by atoms with Crippen LogP contribution in [0.4, 0.5) is 4.79 Å². The first-order valence-electron chi connectivity index (χ1n) is 11.0. The molecule has 0 aliphatic carbocycles. The van der Waals surface area contributed by atoms with Crippen molar-refractivity contribution in [2.75, 3.05) is 6.54 Å². The topological polar surface area (TPSA) is 189 Å². The van der Waals surface area contributed by atoms with E-state index in [0.29, 0.717) is 6.42 Å². The molecule has 0 saturated carbocycles. The number of nitrogens with one attached hydrogen (secondary N) is 2. The molecule has 0 spiro atoms. The number of Topliss-reactive ketones (excluding diaryl/α,β-unsaturated/α-hetero) is 1. The van der Waals surface area contributed by atoms with Gasteiger partial charge in [-0.3, -0.25) is 20.0 Å². The fourth-order valence-electron chi connectivity index (χ4n) is 3.37. The highest BCUT2D eigenvalue weighted by Crippen LogP contribution is 2.17. The number of hydrazine groups is 1. The average Bonchev–Trinajstić information content (AvgIpc) is 2.85. The van der Waals surface area contributed by atoms with E-state index in [1.165, 1.54) is 0 Å². The molecule has 0 aliphatic rings. The van der Waals surface area contributed by atoms with E-state index in [0.717, 1.165) is 11.1 Å². The van der Waals surface area contributed by atoms with Crippen molar-refractivity contribution in [1.82, 2.24) is 10.9 Å². The number of benzene rings is 2. The van der Waals surface area contributed by atoms with Crippen LogP contribution in [0.3, 0.4) is 0 Å². The number of guanidine groups is 1. The molecule has 11 nitrogen and oxygen atoms in total. The van der Waals surface area contributed by atoms with Gasteiger partial charge in [0.05, 0.1) is 0 Å². The van der Waals surface area contributed by atoms with E-state index >= 15 is 0 Å². The minimum atomic E-state index is -1.56. The summed E-state index contributed by atoms with van der Waals surface area (Å²) in [4.78, 5) is 40.9. The summed E-state index contributed by atoms with van der Waals surface area (Å²) in [6, 6.07) is 16.6. The smallest absolute Gasteiger partial charge is 0.421 e. The molecule has 36 heavy (non-hydrogen) atoms. The van der Waals surface area contributed by atoms with Crippen LogP contribution in [0, 0.1) is 5.92 Å². The van der Waals surface area contributed by atoms with Gasteiger partial charge in [0, 0.05) is 12.5 Å². The summed E-state index contributed by atoms with van der Waals surface area (Å²) >= 11 is 0. The molecular weight excluding hydrogens is 490 g/mol. The van der Waals surface area contributed by atoms with Crippen molar-refractivity contribution in [3.8, 4) is 0 Å². The molecule has 8 N–H and O–H groups in total. The van der Waals surface area contributed by atoms with Crippen LogP contribution in [0.2, 0.25) is 0 Å². The Bertz CT molecular complexity index is 989. The molecule has 0 bridgehead atoms. The standard InChI is InChI=1S/C24H31N5O6.ClH/c25-23(26)27-14-13-18(21(31)19(30)12-11-16-7-3-1-4-8-16)20(22(32)33)28-29-24(34)35-15-17-9-5-2-6-10-17;/h1-10,18-20,28,30H,11-15H2,(H,29,34)(H,32,33)(H4,25,26,27);1H/t18-,19+,20+;/m1./s1. The fourth-order valence-corrected chi connectivity index (χ4v) is 3.37. The van der Waals surface area contributed by atoms with Crippen LogP contribution >= 0.6 is 12.4 Å². The van der Waals surface area contributed by atoms with Crippen molar-refractivity contribution in [3.05, 3.63) is 71.8 Å². The number of aryl methyl sites for hydroxylation is 1. The predicted molar refractivity (Wildman–Crippen MR) is 136 cm³/mol. The molecule has 12 heteroatoms. The van der Waals surface area contributed by atoms with Gasteiger partial charge in [-0.05, 0) is 30.4 Å². The normalized spacial score (nSPS) is 12.8. The van der Waals surface area contributed by atoms with E-state index in [1.54, 1.807) is 24.3 Å². The van der Waals surface area contributed by atoms with E-state index in [-0.39, 0.29) is 44.4 Å². The SMILES string of the molecule is Cl.NC(N)=NCC[C@@H](C(=O)[C@@H](O)CCc1ccccc1)[C@H](NNC(=O)OCc1ccccc1)C(=O)O. The van der Waals surface area contributed by atoms with Gasteiger partial charge in [-0.2, -0.15) is 0 Å². The van der Waals surface area contributed by atoms with Gasteiger partial charge in [0.2, 0.25) is 0 Å². The zero-order chi connectivity index (χ0) is 25.6. The molecule has 1 amide bonds. The molecule has 0 unspecified atom stereocenters. The lowest BCUT2D eigenvalue weighted by Gasteiger charge is -2.25. The number of aliphatic carboxylic acids is 1. The van der Waals surface area contributed by atoms with Crippen molar-refractivity contribution >= 4 is 36.2 Å². The van der Waals surface area contributed by atoms with Crippen LogP contribution in [0.5, 0.6) is 0 Å². The largest absolute Gasteiger partial charge is 0.480 e. The van der Waals surface area contributed by atoms with Gasteiger partial charge in [0.15, 0.2) is 11.7 Å². The number of aliphatic hydroxyl groups excluding tert-OH is 1. The van der Waals surface area contributed by atoms with E-state index in [2.05, 4.69) is 15.8 Å². The lowest BCUT2D eigenvalue weighted by Crippen LogP contribution is -2.55. The van der Waals surface area contributed by atoms with Crippen molar-refractivity contribution in [2.45, 2.75) is 38.0 Å². The maximum Gasteiger partial charge on any atom is 0.421 e. The summed E-state index contributed by atoms with van der Waals surface area (Å²) in [5, 5.41) is 20.2. The number of hydrogen-bond acceptors (Lipinski definition) is 7. The second-order valence-corrected chi connectivity index (χ2v) is 7.79. The number of carbonyl (C=O) groups is 3. The number of halogens is 1. The van der Waals surface area contributed by atoms with Crippen LogP contribution in [0.1, 0.15) is 24.0 Å². The molecule has 0 aromatic heterocycles. The summed E-state index contributed by atoms with van der Waals surface area (Å²) < 4.78 is 5.05. The molecule has 0 fully saturated rings. The van der Waals surface area contributed by atoms with Crippen LogP contribution in [0.15, 0.2) is 65.7 Å². The Kier molecular flexibility index (Phi) is 13.6. The number of ketones is 1. The molecule has 0 saturated heterocycles. The molecule has 0 heterocycles. The van der Waals surface area contributed by atoms with Crippen molar-refractivity contribution < 1.29 is 29.3 Å². The van der Waals surface area contributed by atoms with E-state index in [4.69, 9.17) is 16.2 Å². The molecule has 3 atom stereocenters. The maximum atomic E-state index is 13.0. The van der Waals surface area contributed by atoms with Crippen molar-refractivity contribution in [2.24, 2.45) is 22.4 Å². The van der Waals surface area contributed by atoms with Crippen LogP contribution in [-0.4, -0.2) is 52.7 Å². The fraction of sp³-hybridized carbons (Fsp3) is 0.333. The molecular formula is C24H32ClN5O6. The van der Waals surface area contributed by atoms with Crippen molar-refractivity contribution in [3.63, 3.8) is 0 Å². The van der Waals surface area contributed by atoms with Crippen LogP contribution < -0.4 is 22.3 Å². The summed E-state index contributed by atoms with van der Waals surface area (Å²) in [7, 11) is 0. The summed E-state index contributed by atoms with van der Waals surface area (Å²) in [6.07, 6.45) is -1.92. The van der Waals surface area contributed by atoms with Gasteiger partial charge < -0.3 is 26.4 Å². The Hall–Kier alpha value is -3.67. The number of hydrogen-bond donors (Lipinski definition) is 6. The van der Waals surface area contributed by atoms with E-state index < -0.39 is 35.9 Å². The zero-order valence-electron chi connectivity index (χ0n) is 19.6. The zero-order valence-corrected chi connectivity index (χ0v) is 20.4. The predicted octanol–water partition coefficient (Wildman–Crippen LogP) is 1.13. The minimum absolute atomic E-state index is 0. The first-order valence-corrected chi connectivity index (χ1v) is 11.0. The Morgan fingerprint density at radius 2 is 1.53 bits per heavy atom. The number of carbonyl (C=O) groups excluding carboxylic acids is 2. The molecule has 2 aromatic rings. The summed E-state index contributed by atoms with van der Waals surface area (Å²) in [5.41, 5.74) is 16.8. The second-order valence-electron chi connectivity index (χ2n) is 7.79. The van der Waals surface area contributed by atoms with Gasteiger partial charge >= 0.3 is 12.1 Å². The minimum Gasteiger partial charge on any atom is -0.480 e. The number of nitrogens with two attached hydrogens (primary N) is 2. The number of aliphatic hydroxyl groups is 1. The number of carboxylic acids is 1. The lowest BCUT2D eigenvalue weighted by molar-refractivity contribution is -0.146. The molecule has 0 radical (unpaired) electrons. The van der Waals surface area contributed by atoms with Gasteiger partial charge in [-0.25, -0.2) is 10.2 Å². The molecule has 2 aromatic carbocycles. The van der Waals surface area contributed by atoms with Crippen LogP contribution in [0.25, 0.3) is 0 Å². The molecule has 196 valence electrons. The van der Waals surface area contributed by atoms with Gasteiger partial charge in [-0.1, -0.05) is 60.7 Å². The number of rotatable bonds is 14. The molecule has 2 rings (SSSR count). The number of nitrogens with zero attached hydrogens (tertiary/aromatic N) is 1. The van der Waals surface area contributed by atoms with Crippen LogP contribution in [-0.2, 0) is 27.4 Å². The van der Waals surface area contributed by atoms with Gasteiger partial charge in [-0.15, -0.1) is 12.4 Å². The van der Waals surface area contributed by atoms with Gasteiger partial charge in [0.25, 0.3) is 0 Å². The number of amides is 1. The Balaban J connectivity index is 0.00000648. The van der Waals surface area contributed by atoms with Crippen molar-refractivity contribution in [1.29, 1.82) is 0 Å². The average molecular weight is 522 g/mol. The Labute approximate surface area is 215 Å². The maximum absolute atomic E-state index is 13.0. The van der Waals surface area contributed by atoms with E-state index in [1.807, 2.05) is 36.4 Å².